The highest BCUT2D eigenvalue weighted by atomic mass is 32.1. The number of piperidine rings is 1. The molecule has 7 nitrogen and oxygen atoms in total. The van der Waals surface area contributed by atoms with Gasteiger partial charge in [-0.1, -0.05) is 12.1 Å². The molecule has 1 fully saturated rings. The molecule has 5 rings (SSSR count). The zero-order chi connectivity index (χ0) is 20.3. The number of thiophene rings is 1. The highest BCUT2D eigenvalue weighted by Crippen LogP contribution is 2.43. The van der Waals surface area contributed by atoms with E-state index in [1.165, 1.54) is 16.2 Å². The van der Waals surface area contributed by atoms with E-state index in [0.717, 1.165) is 15.3 Å². The lowest BCUT2D eigenvalue weighted by Crippen LogP contribution is -2.56. The number of imide groups is 1. The molecule has 4 heterocycles. The average molecular weight is 410 g/mol. The Morgan fingerprint density at radius 3 is 2.34 bits per heavy atom. The Morgan fingerprint density at radius 2 is 1.69 bits per heavy atom. The number of nitrogens with zero attached hydrogens (tertiary/aromatic N) is 2. The summed E-state index contributed by atoms with van der Waals surface area (Å²) in [5.41, 5.74) is 1.47. The molecule has 3 amide bonds. The van der Waals surface area contributed by atoms with Crippen molar-refractivity contribution in [2.45, 2.75) is 43.8 Å². The van der Waals surface area contributed by atoms with E-state index in [4.69, 9.17) is 0 Å². The van der Waals surface area contributed by atoms with E-state index in [1.54, 1.807) is 24.3 Å². The maximum absolute atomic E-state index is 13.6. The van der Waals surface area contributed by atoms with Crippen molar-refractivity contribution < 1.29 is 24.3 Å². The van der Waals surface area contributed by atoms with Crippen LogP contribution in [0, 0.1) is 0 Å². The van der Waals surface area contributed by atoms with Gasteiger partial charge in [0.1, 0.15) is 12.1 Å². The van der Waals surface area contributed by atoms with Crippen molar-refractivity contribution in [1.29, 1.82) is 0 Å². The highest BCUT2D eigenvalue weighted by molar-refractivity contribution is 7.10. The molecule has 0 bridgehead atoms. The summed E-state index contributed by atoms with van der Waals surface area (Å²) < 4.78 is 0. The molecule has 3 aliphatic rings. The molecule has 0 spiro atoms. The van der Waals surface area contributed by atoms with Crippen LogP contribution in [-0.4, -0.2) is 50.7 Å². The Bertz CT molecular complexity index is 1030. The number of aliphatic carboxylic acids is 1. The molecule has 1 N–H and O–H groups in total. The fourth-order valence-electron chi connectivity index (χ4n) is 4.78. The molecule has 8 heteroatoms. The predicted octanol–water partition coefficient (Wildman–Crippen LogP) is 2.48. The van der Waals surface area contributed by atoms with Crippen LogP contribution >= 0.6 is 11.3 Å². The number of carbonyl (C=O) groups is 4. The zero-order valence-corrected chi connectivity index (χ0v) is 16.2. The quantitative estimate of drug-likeness (QED) is 0.768. The second-order valence-corrected chi connectivity index (χ2v) is 8.55. The first-order valence-corrected chi connectivity index (χ1v) is 10.4. The molecule has 0 unspecified atom stereocenters. The third-order valence-electron chi connectivity index (χ3n) is 6.09. The first-order chi connectivity index (χ1) is 14.0. The molecule has 29 heavy (non-hydrogen) atoms. The number of hydrogen-bond acceptors (Lipinski definition) is 5. The molecule has 0 radical (unpaired) electrons. The number of rotatable bonds is 2. The van der Waals surface area contributed by atoms with Gasteiger partial charge in [-0.05, 0) is 48.4 Å². The topological polar surface area (TPSA) is 95.0 Å². The van der Waals surface area contributed by atoms with Gasteiger partial charge >= 0.3 is 5.97 Å². The fraction of sp³-hybridized carbons (Fsp3) is 0.333. The fourth-order valence-corrected chi connectivity index (χ4v) is 5.85. The Kier molecular flexibility index (Phi) is 4.06. The molecular weight excluding hydrogens is 392 g/mol. The number of amides is 3. The molecule has 3 atom stereocenters. The van der Waals surface area contributed by atoms with Crippen molar-refractivity contribution in [3.8, 4) is 0 Å². The third kappa shape index (κ3) is 2.55. The summed E-state index contributed by atoms with van der Waals surface area (Å²) in [6.07, 6.45) is 1.97. The van der Waals surface area contributed by atoms with E-state index >= 15 is 0 Å². The first kappa shape index (κ1) is 18.1. The minimum Gasteiger partial charge on any atom is -0.480 e. The highest BCUT2D eigenvalue weighted by Gasteiger charge is 2.50. The smallest absolute Gasteiger partial charge is 0.326 e. The van der Waals surface area contributed by atoms with Crippen molar-refractivity contribution in [2.24, 2.45) is 0 Å². The number of carbonyl (C=O) groups excluding carboxylic acids is 3. The molecule has 1 aromatic carbocycles. The van der Waals surface area contributed by atoms with Crippen molar-refractivity contribution in [3.05, 3.63) is 57.3 Å². The summed E-state index contributed by atoms with van der Waals surface area (Å²) in [5, 5.41) is 11.7. The molecule has 3 aliphatic heterocycles. The lowest BCUT2D eigenvalue weighted by atomic mass is 9.94. The average Bonchev–Trinajstić information content (AvgIpc) is 3.25. The Hall–Kier alpha value is -3.00. The molecule has 2 aromatic rings. The monoisotopic (exact) mass is 410 g/mol. The third-order valence-corrected chi connectivity index (χ3v) is 7.15. The van der Waals surface area contributed by atoms with Crippen LogP contribution in [0.3, 0.4) is 0 Å². The normalized spacial score (nSPS) is 26.1. The number of benzene rings is 1. The van der Waals surface area contributed by atoms with Gasteiger partial charge in [-0.2, -0.15) is 0 Å². The van der Waals surface area contributed by atoms with Crippen LogP contribution in [0.15, 0.2) is 35.7 Å². The van der Waals surface area contributed by atoms with E-state index in [1.807, 2.05) is 11.4 Å². The van der Waals surface area contributed by atoms with Crippen LogP contribution in [0.2, 0.25) is 0 Å². The van der Waals surface area contributed by atoms with Crippen molar-refractivity contribution in [2.75, 3.05) is 0 Å². The van der Waals surface area contributed by atoms with Crippen molar-refractivity contribution >= 4 is 35.0 Å². The Balaban J connectivity index is 1.62. The minimum absolute atomic E-state index is 0.211. The minimum atomic E-state index is -1.05. The van der Waals surface area contributed by atoms with Crippen LogP contribution in [0.25, 0.3) is 0 Å². The largest absolute Gasteiger partial charge is 0.480 e. The lowest BCUT2D eigenvalue weighted by Gasteiger charge is -2.40. The molecule has 148 valence electrons. The van der Waals surface area contributed by atoms with Gasteiger partial charge in [0.2, 0.25) is 5.91 Å². The van der Waals surface area contributed by atoms with E-state index in [2.05, 4.69) is 0 Å². The number of carboxylic acid groups (broad SMARTS) is 1. The molecule has 1 saturated heterocycles. The van der Waals surface area contributed by atoms with Crippen LogP contribution < -0.4 is 0 Å². The molecule has 0 saturated carbocycles. The van der Waals surface area contributed by atoms with Crippen molar-refractivity contribution in [1.82, 2.24) is 9.80 Å². The van der Waals surface area contributed by atoms with Gasteiger partial charge in [0.15, 0.2) is 0 Å². The van der Waals surface area contributed by atoms with Crippen LogP contribution in [-0.2, 0) is 16.0 Å². The summed E-state index contributed by atoms with van der Waals surface area (Å²) in [6, 6.07) is 6.11. The molecular formula is C21H18N2O5S. The maximum atomic E-state index is 13.6. The Labute approximate surface area is 170 Å². The molecule has 0 aliphatic carbocycles. The second-order valence-electron chi connectivity index (χ2n) is 7.60. The maximum Gasteiger partial charge on any atom is 0.326 e. The van der Waals surface area contributed by atoms with Gasteiger partial charge in [-0.15, -0.1) is 11.3 Å². The molecule has 1 aromatic heterocycles. The summed E-state index contributed by atoms with van der Waals surface area (Å²) in [6.45, 7) is 0. The standard InChI is InChI=1S/C21H18N2O5S/c24-18-12-4-1-2-5-13(12)19(25)23(18)16-10-11-8-9-29-17(11)14-6-3-7-15(21(27)28)22(14)20(16)26/h1-2,4-5,8-9,14-16H,3,6-7,10H2,(H,27,28)/t14-,15+,16+/m1/s1. The predicted molar refractivity (Wildman–Crippen MR) is 104 cm³/mol. The first-order valence-electron chi connectivity index (χ1n) is 9.57. The van der Waals surface area contributed by atoms with Crippen LogP contribution in [0.5, 0.6) is 0 Å². The van der Waals surface area contributed by atoms with Gasteiger partial charge in [-0.3, -0.25) is 19.3 Å². The SMILES string of the molecule is O=C(O)[C@@H]1CCC[C@@H]2c3sccc3C[C@H](N3C(=O)c4ccccc4C3=O)C(=O)N21. The van der Waals surface area contributed by atoms with Gasteiger partial charge in [0.25, 0.3) is 11.8 Å². The van der Waals surface area contributed by atoms with Gasteiger partial charge in [0.05, 0.1) is 17.2 Å². The van der Waals surface area contributed by atoms with Gasteiger partial charge in [0, 0.05) is 11.3 Å². The summed E-state index contributed by atoms with van der Waals surface area (Å²) >= 11 is 1.50. The zero-order valence-electron chi connectivity index (χ0n) is 15.4. The van der Waals surface area contributed by atoms with Crippen molar-refractivity contribution in [3.63, 3.8) is 0 Å². The van der Waals surface area contributed by atoms with Gasteiger partial charge in [-0.25, -0.2) is 4.79 Å². The number of carboxylic acids is 1. The second kappa shape index (κ2) is 6.52. The summed E-state index contributed by atoms with van der Waals surface area (Å²) in [4.78, 5) is 55.0. The Morgan fingerprint density at radius 1 is 1.00 bits per heavy atom. The van der Waals surface area contributed by atoms with E-state index in [0.29, 0.717) is 19.3 Å². The van der Waals surface area contributed by atoms with E-state index in [-0.39, 0.29) is 23.6 Å². The van der Waals surface area contributed by atoms with Gasteiger partial charge < -0.3 is 10.0 Å². The van der Waals surface area contributed by atoms with Crippen LogP contribution in [0.4, 0.5) is 0 Å². The lowest BCUT2D eigenvalue weighted by molar-refractivity contribution is -0.156. The van der Waals surface area contributed by atoms with E-state index in [9.17, 15) is 24.3 Å². The van der Waals surface area contributed by atoms with E-state index < -0.39 is 35.8 Å². The summed E-state index contributed by atoms with van der Waals surface area (Å²) in [7, 11) is 0. The summed E-state index contributed by atoms with van der Waals surface area (Å²) in [5.74, 6) is -2.50. The van der Waals surface area contributed by atoms with Crippen LogP contribution in [0.1, 0.15) is 56.5 Å². The number of hydrogen-bond donors (Lipinski definition) is 1. The number of fused-ring (bicyclic) bond motifs is 4.